The zero-order valence-electron chi connectivity index (χ0n) is 16.1. The van der Waals surface area contributed by atoms with Gasteiger partial charge in [-0.1, -0.05) is 42.5 Å². The lowest BCUT2D eigenvalue weighted by Crippen LogP contribution is -2.41. The van der Waals surface area contributed by atoms with Gasteiger partial charge in [0.1, 0.15) is 12.3 Å². The molecule has 0 fully saturated rings. The van der Waals surface area contributed by atoms with Crippen molar-refractivity contribution in [3.8, 4) is 5.75 Å². The predicted octanol–water partition coefficient (Wildman–Crippen LogP) is 2.90. The van der Waals surface area contributed by atoms with Gasteiger partial charge in [0.05, 0.1) is 18.6 Å². The number of thioether (sulfide) groups is 1. The number of sulfonamides is 1. The molecule has 2 aromatic rings. The number of rotatable bonds is 11. The second kappa shape index (κ2) is 11.0. The van der Waals surface area contributed by atoms with Crippen LogP contribution in [0.2, 0.25) is 0 Å². The molecular formula is C20H26N2O4S2. The van der Waals surface area contributed by atoms with Crippen LogP contribution in [0.15, 0.2) is 54.6 Å². The molecule has 1 N–H and O–H groups in total. The fourth-order valence-electron chi connectivity index (χ4n) is 2.54. The molecule has 0 radical (unpaired) electrons. The number of anilines is 1. The van der Waals surface area contributed by atoms with Gasteiger partial charge in [0.25, 0.3) is 0 Å². The van der Waals surface area contributed by atoms with E-state index in [1.54, 1.807) is 36.0 Å². The maximum Gasteiger partial charge on any atom is 0.240 e. The second-order valence-corrected chi connectivity index (χ2v) is 9.07. The van der Waals surface area contributed by atoms with Crippen LogP contribution in [0.25, 0.3) is 0 Å². The van der Waals surface area contributed by atoms with Crippen molar-refractivity contribution in [1.29, 1.82) is 0 Å². The first-order chi connectivity index (χ1) is 13.4. The average Bonchev–Trinajstić information content (AvgIpc) is 2.67. The summed E-state index contributed by atoms with van der Waals surface area (Å²) in [6, 6.07) is 16.9. The molecule has 0 saturated carbocycles. The zero-order valence-corrected chi connectivity index (χ0v) is 17.8. The van der Waals surface area contributed by atoms with Crippen molar-refractivity contribution in [1.82, 2.24) is 5.32 Å². The van der Waals surface area contributed by atoms with Crippen molar-refractivity contribution < 1.29 is 17.9 Å². The van der Waals surface area contributed by atoms with E-state index in [9.17, 15) is 13.2 Å². The summed E-state index contributed by atoms with van der Waals surface area (Å²) < 4.78 is 31.1. The van der Waals surface area contributed by atoms with E-state index in [-0.39, 0.29) is 12.5 Å². The molecule has 0 bridgehead atoms. The Morgan fingerprint density at radius 2 is 1.79 bits per heavy atom. The van der Waals surface area contributed by atoms with Crippen molar-refractivity contribution in [2.45, 2.75) is 12.7 Å². The van der Waals surface area contributed by atoms with Crippen molar-refractivity contribution in [3.05, 3.63) is 60.2 Å². The Morgan fingerprint density at radius 3 is 2.46 bits per heavy atom. The minimum Gasteiger partial charge on any atom is -0.492 e. The summed E-state index contributed by atoms with van der Waals surface area (Å²) in [5.41, 5.74) is 1.59. The number of carbonyl (C=O) groups excluding carboxylic acids is 1. The zero-order chi connectivity index (χ0) is 20.4. The van der Waals surface area contributed by atoms with E-state index in [1.165, 1.54) is 5.56 Å². The number of hydrogen-bond acceptors (Lipinski definition) is 5. The first kappa shape index (κ1) is 22.1. The van der Waals surface area contributed by atoms with Crippen LogP contribution in [0.3, 0.4) is 0 Å². The number of ether oxygens (including phenoxy) is 1. The molecule has 2 aromatic carbocycles. The van der Waals surface area contributed by atoms with Gasteiger partial charge in [-0.05, 0) is 24.6 Å². The number of benzene rings is 2. The molecule has 8 heteroatoms. The van der Waals surface area contributed by atoms with E-state index in [0.29, 0.717) is 24.6 Å². The fraction of sp³-hybridized carbons (Fsp3) is 0.350. The van der Waals surface area contributed by atoms with E-state index >= 15 is 0 Å². The van der Waals surface area contributed by atoms with Gasteiger partial charge in [0.2, 0.25) is 15.9 Å². The van der Waals surface area contributed by atoms with E-state index in [0.717, 1.165) is 22.1 Å². The highest BCUT2D eigenvalue weighted by Crippen LogP contribution is 2.29. The molecule has 0 unspecified atom stereocenters. The molecule has 2 rings (SSSR count). The number of carbonyl (C=O) groups is 1. The molecule has 0 heterocycles. The number of nitrogens with one attached hydrogen (secondary N) is 1. The van der Waals surface area contributed by atoms with Crippen LogP contribution in [0, 0.1) is 0 Å². The Morgan fingerprint density at radius 1 is 1.11 bits per heavy atom. The highest BCUT2D eigenvalue weighted by molar-refractivity contribution is 7.98. The first-order valence-electron chi connectivity index (χ1n) is 8.99. The highest BCUT2D eigenvalue weighted by Gasteiger charge is 2.23. The van der Waals surface area contributed by atoms with Crippen molar-refractivity contribution in [3.63, 3.8) is 0 Å². The van der Waals surface area contributed by atoms with Crippen LogP contribution in [0.4, 0.5) is 5.69 Å². The molecular weight excluding hydrogens is 396 g/mol. The summed E-state index contributed by atoms with van der Waals surface area (Å²) in [5.74, 6) is 1.70. The largest absolute Gasteiger partial charge is 0.492 e. The molecule has 1 amide bonds. The second-order valence-electron chi connectivity index (χ2n) is 6.06. The lowest BCUT2D eigenvalue weighted by Gasteiger charge is -2.24. The van der Waals surface area contributed by atoms with Gasteiger partial charge in [-0.25, -0.2) is 8.42 Å². The molecule has 6 nitrogen and oxygen atoms in total. The van der Waals surface area contributed by atoms with Crippen molar-refractivity contribution >= 4 is 33.4 Å². The third-order valence-corrected chi connectivity index (χ3v) is 5.96. The number of amides is 1. The van der Waals surface area contributed by atoms with Crippen molar-refractivity contribution in [2.24, 2.45) is 0 Å². The lowest BCUT2D eigenvalue weighted by molar-refractivity contribution is -0.119. The van der Waals surface area contributed by atoms with Crippen LogP contribution < -0.4 is 14.4 Å². The van der Waals surface area contributed by atoms with Gasteiger partial charge >= 0.3 is 0 Å². The third kappa shape index (κ3) is 7.09. The quantitative estimate of drug-likeness (QED) is 0.564. The molecule has 0 aromatic heterocycles. The lowest BCUT2D eigenvalue weighted by atomic mass is 10.2. The van der Waals surface area contributed by atoms with E-state index < -0.39 is 10.0 Å². The van der Waals surface area contributed by atoms with Crippen molar-refractivity contribution in [2.75, 3.05) is 36.0 Å². The predicted molar refractivity (Wildman–Crippen MR) is 115 cm³/mol. The molecule has 0 spiro atoms. The Bertz CT molecular complexity index is 858. The SMILES string of the molecule is CCOc1ccccc1N(CC(=O)NCCSCc1ccccc1)S(C)(=O)=O. The summed E-state index contributed by atoms with van der Waals surface area (Å²) in [4.78, 5) is 12.3. The van der Waals surface area contributed by atoms with E-state index in [2.05, 4.69) is 17.4 Å². The summed E-state index contributed by atoms with van der Waals surface area (Å²) in [7, 11) is -3.64. The van der Waals surface area contributed by atoms with Gasteiger partial charge in [-0.15, -0.1) is 0 Å². The fourth-order valence-corrected chi connectivity index (χ4v) is 4.21. The van der Waals surface area contributed by atoms with Crippen LogP contribution in [-0.4, -0.2) is 46.0 Å². The minimum absolute atomic E-state index is 0.285. The molecule has 0 aliphatic carbocycles. The summed E-state index contributed by atoms with van der Waals surface area (Å²) in [6.45, 7) is 2.41. The van der Waals surface area contributed by atoms with Gasteiger partial charge < -0.3 is 10.1 Å². The maximum atomic E-state index is 12.3. The van der Waals surface area contributed by atoms with Crippen LogP contribution in [0.5, 0.6) is 5.75 Å². The Balaban J connectivity index is 1.90. The average molecular weight is 423 g/mol. The summed E-state index contributed by atoms with van der Waals surface area (Å²) in [5, 5.41) is 2.79. The van der Waals surface area contributed by atoms with Gasteiger partial charge in [-0.2, -0.15) is 11.8 Å². The van der Waals surface area contributed by atoms with Crippen LogP contribution in [0.1, 0.15) is 12.5 Å². The number of hydrogen-bond donors (Lipinski definition) is 1. The maximum absolute atomic E-state index is 12.3. The summed E-state index contributed by atoms with van der Waals surface area (Å²) >= 11 is 1.71. The van der Waals surface area contributed by atoms with Gasteiger partial charge in [-0.3, -0.25) is 9.10 Å². The first-order valence-corrected chi connectivity index (χ1v) is 12.0. The minimum atomic E-state index is -3.64. The normalized spacial score (nSPS) is 11.1. The van der Waals surface area contributed by atoms with Gasteiger partial charge in [0, 0.05) is 18.1 Å². The van der Waals surface area contributed by atoms with Crippen LogP contribution >= 0.6 is 11.8 Å². The monoisotopic (exact) mass is 422 g/mol. The van der Waals surface area contributed by atoms with E-state index in [4.69, 9.17) is 4.74 Å². The molecule has 28 heavy (non-hydrogen) atoms. The molecule has 0 aliphatic heterocycles. The highest BCUT2D eigenvalue weighted by atomic mass is 32.2. The Kier molecular flexibility index (Phi) is 8.66. The molecule has 0 saturated heterocycles. The molecule has 152 valence electrons. The third-order valence-electron chi connectivity index (χ3n) is 3.80. The van der Waals surface area contributed by atoms with Gasteiger partial charge in [0.15, 0.2) is 0 Å². The molecule has 0 atom stereocenters. The Hall–Kier alpha value is -2.19. The number of para-hydroxylation sites is 2. The summed E-state index contributed by atoms with van der Waals surface area (Å²) in [6.07, 6.45) is 1.08. The number of nitrogens with zero attached hydrogens (tertiary/aromatic N) is 1. The smallest absolute Gasteiger partial charge is 0.240 e. The van der Waals surface area contributed by atoms with Crippen LogP contribution in [-0.2, 0) is 20.6 Å². The van der Waals surface area contributed by atoms with E-state index in [1.807, 2.05) is 25.1 Å². The Labute approximate surface area is 171 Å². The standard InChI is InChI=1S/C20H26N2O4S2/c1-3-26-19-12-8-7-11-18(19)22(28(2,24)25)15-20(23)21-13-14-27-16-17-9-5-4-6-10-17/h4-12H,3,13-16H2,1-2H3,(H,21,23). The molecule has 0 aliphatic rings. The topological polar surface area (TPSA) is 75.7 Å².